The summed E-state index contributed by atoms with van der Waals surface area (Å²) in [4.78, 5) is 67.8. The molecule has 3 rings (SSSR count). The summed E-state index contributed by atoms with van der Waals surface area (Å²) in [6.45, 7) is 3.96. The molecule has 0 unspecified atom stereocenters. The number of nitrogens with one attached hydrogen (secondary N) is 1. The van der Waals surface area contributed by atoms with E-state index in [0.717, 1.165) is 33.1 Å². The van der Waals surface area contributed by atoms with Crippen LogP contribution in [0.4, 0.5) is 0 Å². The Morgan fingerprint density at radius 1 is 0.865 bits per heavy atom. The van der Waals surface area contributed by atoms with E-state index in [2.05, 4.69) is 9.97 Å². The number of benzene rings is 1. The highest BCUT2D eigenvalue weighted by molar-refractivity contribution is 6.09. The third-order valence-electron chi connectivity index (χ3n) is 5.22. The maximum atomic E-state index is 12.5. The normalized spacial score (nSPS) is 13.3. The number of carbonyl (C=O) groups is 5. The summed E-state index contributed by atoms with van der Waals surface area (Å²) in [7, 11) is 1.18. The molecule has 0 aliphatic carbocycles. The summed E-state index contributed by atoms with van der Waals surface area (Å²) in [6, 6.07) is 8.72. The summed E-state index contributed by atoms with van der Waals surface area (Å²) in [5.74, 6) is -3.82. The molecule has 2 aromatic heterocycles. The lowest BCUT2D eigenvalue weighted by atomic mass is 10.0. The van der Waals surface area contributed by atoms with Gasteiger partial charge in [0, 0.05) is 44.0 Å². The molecule has 3 atom stereocenters. The Morgan fingerprint density at radius 2 is 1.51 bits per heavy atom. The number of nitrogens with zero attached hydrogens (tertiary/aromatic N) is 1. The van der Waals surface area contributed by atoms with Gasteiger partial charge in [-0.25, -0.2) is 9.78 Å². The van der Waals surface area contributed by atoms with Crippen LogP contribution in [0.2, 0.25) is 0 Å². The van der Waals surface area contributed by atoms with Crippen molar-refractivity contribution in [2.75, 3.05) is 13.7 Å². The number of aromatic nitrogens is 2. The van der Waals surface area contributed by atoms with Crippen molar-refractivity contribution in [3.63, 3.8) is 0 Å². The second-order valence-electron chi connectivity index (χ2n) is 8.03. The van der Waals surface area contributed by atoms with Crippen LogP contribution < -0.4 is 0 Å². The van der Waals surface area contributed by atoms with Gasteiger partial charge in [0.25, 0.3) is 0 Å². The van der Waals surface area contributed by atoms with Crippen molar-refractivity contribution in [1.29, 1.82) is 0 Å². The van der Waals surface area contributed by atoms with E-state index in [1.165, 1.54) is 13.2 Å². The average molecular weight is 514 g/mol. The Kier molecular flexibility index (Phi) is 8.43. The number of aromatic amines is 1. The number of methoxy groups -OCH3 is 1. The number of rotatable bonds is 9. The van der Waals surface area contributed by atoms with Crippen LogP contribution >= 0.6 is 0 Å². The van der Waals surface area contributed by atoms with E-state index >= 15 is 0 Å². The lowest BCUT2D eigenvalue weighted by molar-refractivity contribution is -0.190. The fourth-order valence-electron chi connectivity index (χ4n) is 3.88. The molecule has 12 nitrogen and oxygen atoms in total. The highest BCUT2D eigenvalue weighted by Crippen LogP contribution is 2.35. The Labute approximate surface area is 211 Å². The van der Waals surface area contributed by atoms with E-state index in [1.807, 2.05) is 6.07 Å². The first-order valence-electron chi connectivity index (χ1n) is 11.2. The summed E-state index contributed by atoms with van der Waals surface area (Å²) >= 11 is 0. The quantitative estimate of drug-likeness (QED) is 0.330. The first-order chi connectivity index (χ1) is 17.5. The van der Waals surface area contributed by atoms with Gasteiger partial charge in [-0.3, -0.25) is 19.2 Å². The van der Waals surface area contributed by atoms with Crippen LogP contribution in [0.15, 0.2) is 30.3 Å². The monoisotopic (exact) mass is 514 g/mol. The number of pyridine rings is 1. The largest absolute Gasteiger partial charge is 0.464 e. The number of esters is 5. The molecule has 0 aliphatic rings. The second-order valence-corrected chi connectivity index (χ2v) is 8.03. The zero-order chi connectivity index (χ0) is 27.3. The molecular weight excluding hydrogens is 488 g/mol. The first-order valence-corrected chi connectivity index (χ1v) is 11.2. The van der Waals surface area contributed by atoms with Gasteiger partial charge in [-0.1, -0.05) is 18.2 Å². The van der Waals surface area contributed by atoms with Gasteiger partial charge in [0.05, 0.1) is 12.6 Å². The molecule has 0 fully saturated rings. The van der Waals surface area contributed by atoms with E-state index in [1.54, 1.807) is 18.2 Å². The molecule has 0 amide bonds. The van der Waals surface area contributed by atoms with Crippen molar-refractivity contribution in [3.05, 3.63) is 41.7 Å². The summed E-state index contributed by atoms with van der Waals surface area (Å²) < 4.78 is 26.2. The molecule has 0 aliphatic heterocycles. The van der Waals surface area contributed by atoms with Crippen LogP contribution in [-0.4, -0.2) is 65.7 Å². The number of hydrogen-bond acceptors (Lipinski definition) is 11. The molecule has 1 aromatic carbocycles. The molecule has 196 valence electrons. The number of para-hydroxylation sites is 1. The molecule has 0 radical (unpaired) electrons. The number of fused-ring (bicyclic) bond motifs is 3. The average Bonchev–Trinajstić information content (AvgIpc) is 3.21. The smallest absolute Gasteiger partial charge is 0.356 e. The third kappa shape index (κ3) is 6.40. The standard InChI is InChI=1S/C25H26N2O10/c1-12(28)34-11-20(35-13(2)29)23(36-14(3)30)24(37-15(4)31)22-21-17(10-19(27-22)25(32)33-5)16-8-6-7-9-18(16)26-21/h6-10,20,23-24,26H,11H2,1-5H3/t20-,23-,24-/m0/s1. The highest BCUT2D eigenvalue weighted by atomic mass is 16.6. The second kappa shape index (κ2) is 11.5. The van der Waals surface area contributed by atoms with E-state index < -0.39 is 54.8 Å². The van der Waals surface area contributed by atoms with Gasteiger partial charge in [-0.05, 0) is 12.1 Å². The van der Waals surface area contributed by atoms with Crippen LogP contribution in [0.3, 0.4) is 0 Å². The van der Waals surface area contributed by atoms with Crippen molar-refractivity contribution < 1.29 is 47.7 Å². The Bertz CT molecular complexity index is 1360. The number of carbonyl (C=O) groups excluding carboxylic acids is 5. The summed E-state index contributed by atoms with van der Waals surface area (Å²) in [5, 5.41) is 1.28. The Balaban J connectivity index is 2.32. The molecule has 0 bridgehead atoms. The minimum atomic E-state index is -1.51. The fourth-order valence-corrected chi connectivity index (χ4v) is 3.88. The van der Waals surface area contributed by atoms with Crippen molar-refractivity contribution in [2.24, 2.45) is 0 Å². The summed E-state index contributed by atoms with van der Waals surface area (Å²) in [5.41, 5.74) is 0.934. The maximum absolute atomic E-state index is 12.5. The predicted molar refractivity (Wildman–Crippen MR) is 127 cm³/mol. The van der Waals surface area contributed by atoms with Crippen LogP contribution in [0.1, 0.15) is 50.0 Å². The molecule has 0 saturated carbocycles. The predicted octanol–water partition coefficient (Wildman–Crippen LogP) is 2.53. The van der Waals surface area contributed by atoms with Crippen LogP contribution in [0.25, 0.3) is 21.8 Å². The molecule has 37 heavy (non-hydrogen) atoms. The Hall–Kier alpha value is -4.48. The SMILES string of the molecule is COC(=O)c1cc2c([nH]c3ccccc32)c([C@H](OC(C)=O)[C@@H](OC(C)=O)[C@H](COC(C)=O)OC(C)=O)n1. The lowest BCUT2D eigenvalue weighted by Crippen LogP contribution is -2.44. The van der Waals surface area contributed by atoms with Gasteiger partial charge in [0.2, 0.25) is 0 Å². The highest BCUT2D eigenvalue weighted by Gasteiger charge is 2.41. The maximum Gasteiger partial charge on any atom is 0.356 e. The minimum Gasteiger partial charge on any atom is -0.464 e. The molecule has 12 heteroatoms. The zero-order valence-electron chi connectivity index (χ0n) is 20.9. The van der Waals surface area contributed by atoms with E-state index in [4.69, 9.17) is 23.7 Å². The third-order valence-corrected chi connectivity index (χ3v) is 5.22. The minimum absolute atomic E-state index is 0.00414. The van der Waals surface area contributed by atoms with Crippen molar-refractivity contribution in [3.8, 4) is 0 Å². The Morgan fingerprint density at radius 3 is 2.11 bits per heavy atom. The zero-order valence-corrected chi connectivity index (χ0v) is 20.9. The molecule has 3 aromatic rings. The first kappa shape index (κ1) is 27.1. The van der Waals surface area contributed by atoms with E-state index in [-0.39, 0.29) is 11.4 Å². The topological polar surface area (TPSA) is 160 Å². The number of hydrogen-bond donors (Lipinski definition) is 1. The van der Waals surface area contributed by atoms with Gasteiger partial charge < -0.3 is 28.7 Å². The summed E-state index contributed by atoms with van der Waals surface area (Å²) in [6.07, 6.45) is -4.40. The number of ether oxygens (including phenoxy) is 5. The van der Waals surface area contributed by atoms with Gasteiger partial charge in [0.15, 0.2) is 18.3 Å². The van der Waals surface area contributed by atoms with Gasteiger partial charge in [-0.2, -0.15) is 0 Å². The number of H-pyrrole nitrogens is 1. The van der Waals surface area contributed by atoms with Crippen LogP contribution in [0, 0.1) is 0 Å². The van der Waals surface area contributed by atoms with Crippen LogP contribution in [0.5, 0.6) is 0 Å². The van der Waals surface area contributed by atoms with Crippen molar-refractivity contribution in [2.45, 2.75) is 46.0 Å². The molecule has 0 spiro atoms. The van der Waals surface area contributed by atoms with Gasteiger partial charge >= 0.3 is 29.8 Å². The molecule has 0 saturated heterocycles. The van der Waals surface area contributed by atoms with E-state index in [0.29, 0.717) is 16.4 Å². The molecule has 2 heterocycles. The van der Waals surface area contributed by atoms with Crippen LogP contribution in [-0.2, 0) is 42.9 Å². The lowest BCUT2D eigenvalue weighted by Gasteiger charge is -2.31. The van der Waals surface area contributed by atoms with Crippen molar-refractivity contribution >= 4 is 51.7 Å². The fraction of sp³-hybridized carbons (Fsp3) is 0.360. The van der Waals surface area contributed by atoms with Gasteiger partial charge in [0.1, 0.15) is 18.0 Å². The van der Waals surface area contributed by atoms with Crippen molar-refractivity contribution in [1.82, 2.24) is 9.97 Å². The van der Waals surface area contributed by atoms with Gasteiger partial charge in [-0.15, -0.1) is 0 Å². The molecular formula is C25H26N2O10. The molecule has 1 N–H and O–H groups in total. The van der Waals surface area contributed by atoms with E-state index in [9.17, 15) is 24.0 Å².